The first-order chi connectivity index (χ1) is 11.7. The second kappa shape index (κ2) is 7.14. The lowest BCUT2D eigenvalue weighted by molar-refractivity contribution is -0.115. The molecule has 0 aliphatic carbocycles. The third kappa shape index (κ3) is 3.72. The van der Waals surface area contributed by atoms with E-state index in [0.717, 1.165) is 11.1 Å². The van der Waals surface area contributed by atoms with Gasteiger partial charge in [0.1, 0.15) is 18.2 Å². The van der Waals surface area contributed by atoms with E-state index < -0.39 is 0 Å². The van der Waals surface area contributed by atoms with Gasteiger partial charge < -0.3 is 20.1 Å². The number of ether oxygens (including phenoxy) is 1. The van der Waals surface area contributed by atoms with Crippen LogP contribution in [0.4, 0.5) is 10.1 Å². The Kier molecular flexibility index (Phi) is 4.77. The van der Waals surface area contributed by atoms with Gasteiger partial charge in [-0.1, -0.05) is 0 Å². The van der Waals surface area contributed by atoms with Crippen LogP contribution in [0.3, 0.4) is 0 Å². The van der Waals surface area contributed by atoms with Crippen LogP contribution in [0.1, 0.15) is 5.56 Å². The van der Waals surface area contributed by atoms with Crippen LogP contribution in [-0.2, 0) is 11.2 Å². The van der Waals surface area contributed by atoms with Gasteiger partial charge in [0.2, 0.25) is 5.91 Å². The van der Waals surface area contributed by atoms with Crippen molar-refractivity contribution < 1.29 is 19.0 Å². The molecule has 24 heavy (non-hydrogen) atoms. The van der Waals surface area contributed by atoms with Gasteiger partial charge in [-0.15, -0.1) is 0 Å². The third-order valence-electron chi connectivity index (χ3n) is 3.58. The molecule has 6 heteroatoms. The van der Waals surface area contributed by atoms with Gasteiger partial charge in [-0.3, -0.25) is 4.79 Å². The molecule has 5 nitrogen and oxygen atoms in total. The van der Waals surface area contributed by atoms with Crippen molar-refractivity contribution in [2.24, 2.45) is 0 Å². The average molecular weight is 328 g/mol. The maximum Gasteiger partial charge on any atom is 0.228 e. The zero-order chi connectivity index (χ0) is 16.9. The van der Waals surface area contributed by atoms with Crippen LogP contribution < -0.4 is 10.1 Å². The molecule has 0 unspecified atom stereocenters. The maximum atomic E-state index is 13.4. The second-order valence-corrected chi connectivity index (χ2v) is 5.33. The van der Waals surface area contributed by atoms with Gasteiger partial charge in [-0.05, 0) is 48.0 Å². The van der Waals surface area contributed by atoms with E-state index >= 15 is 0 Å². The number of carbonyl (C=O) groups is 1. The van der Waals surface area contributed by atoms with Crippen LogP contribution >= 0.6 is 0 Å². The summed E-state index contributed by atoms with van der Waals surface area (Å²) in [6, 6.07) is 11.3. The normalized spacial score (nSPS) is 10.8. The molecule has 2 aromatic carbocycles. The number of aliphatic hydroxyl groups is 1. The summed E-state index contributed by atoms with van der Waals surface area (Å²) in [5.41, 5.74) is 2.18. The molecule has 0 bridgehead atoms. The van der Waals surface area contributed by atoms with E-state index in [-0.39, 0.29) is 31.4 Å². The molecule has 0 radical (unpaired) electrons. The number of H-pyrrole nitrogens is 1. The topological polar surface area (TPSA) is 74.4 Å². The van der Waals surface area contributed by atoms with Crippen molar-refractivity contribution in [3.05, 3.63) is 60.0 Å². The SMILES string of the molecule is O=C(Cc1c[nH]c2ccc(F)cc12)Nc1ccc(OCCO)cc1. The summed E-state index contributed by atoms with van der Waals surface area (Å²) in [6.07, 6.45) is 1.86. The first kappa shape index (κ1) is 16.0. The number of carbonyl (C=O) groups excluding carboxylic acids is 1. The average Bonchev–Trinajstić information content (AvgIpc) is 2.96. The smallest absolute Gasteiger partial charge is 0.228 e. The van der Waals surface area contributed by atoms with Crippen LogP contribution in [0.25, 0.3) is 10.9 Å². The minimum absolute atomic E-state index is 0.0519. The highest BCUT2D eigenvalue weighted by Crippen LogP contribution is 2.21. The number of amides is 1. The van der Waals surface area contributed by atoms with E-state index in [0.29, 0.717) is 16.8 Å². The Bertz CT molecular complexity index is 843. The maximum absolute atomic E-state index is 13.4. The monoisotopic (exact) mass is 328 g/mol. The Morgan fingerprint density at radius 1 is 1.21 bits per heavy atom. The molecule has 124 valence electrons. The highest BCUT2D eigenvalue weighted by molar-refractivity contribution is 5.95. The Labute approximate surface area is 138 Å². The molecule has 3 N–H and O–H groups in total. The molecule has 0 spiro atoms. The van der Waals surface area contributed by atoms with E-state index in [2.05, 4.69) is 10.3 Å². The number of aromatic amines is 1. The number of hydrogen-bond donors (Lipinski definition) is 3. The van der Waals surface area contributed by atoms with E-state index in [1.165, 1.54) is 12.1 Å². The molecule has 0 atom stereocenters. The van der Waals surface area contributed by atoms with Crippen LogP contribution in [0, 0.1) is 5.82 Å². The largest absolute Gasteiger partial charge is 0.491 e. The fourth-order valence-corrected chi connectivity index (χ4v) is 2.47. The molecule has 0 saturated carbocycles. The summed E-state index contributed by atoms with van der Waals surface area (Å²) in [7, 11) is 0. The van der Waals surface area contributed by atoms with E-state index in [1.807, 2.05) is 0 Å². The van der Waals surface area contributed by atoms with Crippen molar-refractivity contribution >= 4 is 22.5 Å². The fraction of sp³-hybridized carbons (Fsp3) is 0.167. The fourth-order valence-electron chi connectivity index (χ4n) is 2.47. The van der Waals surface area contributed by atoms with Gasteiger partial charge in [-0.2, -0.15) is 0 Å². The quantitative estimate of drug-likeness (QED) is 0.651. The van der Waals surface area contributed by atoms with Crippen molar-refractivity contribution in [1.29, 1.82) is 0 Å². The molecule has 3 aromatic rings. The highest BCUT2D eigenvalue weighted by Gasteiger charge is 2.10. The predicted molar refractivity (Wildman–Crippen MR) is 89.6 cm³/mol. The molecule has 1 amide bonds. The standard InChI is InChI=1S/C18H17FN2O3/c19-13-1-6-17-16(10-13)12(11-20-17)9-18(23)21-14-2-4-15(5-3-14)24-8-7-22/h1-6,10-11,20,22H,7-9H2,(H,21,23). The van der Waals surface area contributed by atoms with E-state index in [9.17, 15) is 9.18 Å². The van der Waals surface area contributed by atoms with E-state index in [4.69, 9.17) is 9.84 Å². The van der Waals surface area contributed by atoms with Crippen molar-refractivity contribution in [2.75, 3.05) is 18.5 Å². The minimum Gasteiger partial charge on any atom is -0.491 e. The molecular weight excluding hydrogens is 311 g/mol. The Hall–Kier alpha value is -2.86. The summed E-state index contributed by atoms with van der Waals surface area (Å²) >= 11 is 0. The van der Waals surface area contributed by atoms with E-state index in [1.54, 1.807) is 36.5 Å². The van der Waals surface area contributed by atoms with Gasteiger partial charge in [0.05, 0.1) is 13.0 Å². The lowest BCUT2D eigenvalue weighted by Crippen LogP contribution is -2.14. The summed E-state index contributed by atoms with van der Waals surface area (Å²) in [6.45, 7) is 0.173. The van der Waals surface area contributed by atoms with Crippen LogP contribution in [-0.4, -0.2) is 29.2 Å². The summed E-state index contributed by atoms with van der Waals surface area (Å²) in [5, 5.41) is 12.2. The van der Waals surface area contributed by atoms with Gasteiger partial charge >= 0.3 is 0 Å². The molecular formula is C18H17FN2O3. The minimum atomic E-state index is -0.331. The summed E-state index contributed by atoms with van der Waals surface area (Å²) in [4.78, 5) is 15.2. The number of fused-ring (bicyclic) bond motifs is 1. The Balaban J connectivity index is 1.65. The van der Waals surface area contributed by atoms with Gasteiger partial charge in [-0.25, -0.2) is 4.39 Å². The Morgan fingerprint density at radius 3 is 2.75 bits per heavy atom. The van der Waals surface area contributed by atoms with Crippen molar-refractivity contribution in [1.82, 2.24) is 4.98 Å². The van der Waals surface area contributed by atoms with Crippen molar-refractivity contribution in [2.45, 2.75) is 6.42 Å². The van der Waals surface area contributed by atoms with Crippen molar-refractivity contribution in [3.8, 4) is 5.75 Å². The van der Waals surface area contributed by atoms with Crippen LogP contribution in [0.2, 0.25) is 0 Å². The second-order valence-electron chi connectivity index (χ2n) is 5.33. The summed E-state index contributed by atoms with van der Waals surface area (Å²) in [5.74, 6) is 0.0977. The van der Waals surface area contributed by atoms with Gasteiger partial charge in [0.25, 0.3) is 0 Å². The number of hydrogen-bond acceptors (Lipinski definition) is 3. The first-order valence-electron chi connectivity index (χ1n) is 7.55. The molecule has 3 rings (SSSR count). The molecule has 0 aliphatic heterocycles. The predicted octanol–water partition coefficient (Wildman–Crippen LogP) is 2.86. The lowest BCUT2D eigenvalue weighted by atomic mass is 10.1. The van der Waals surface area contributed by atoms with Crippen LogP contribution in [0.5, 0.6) is 5.75 Å². The highest BCUT2D eigenvalue weighted by atomic mass is 19.1. The number of aliphatic hydroxyl groups excluding tert-OH is 1. The zero-order valence-electron chi connectivity index (χ0n) is 12.9. The molecule has 1 aromatic heterocycles. The lowest BCUT2D eigenvalue weighted by Gasteiger charge is -2.07. The van der Waals surface area contributed by atoms with Gasteiger partial charge in [0, 0.05) is 22.8 Å². The molecule has 0 fully saturated rings. The van der Waals surface area contributed by atoms with Gasteiger partial charge in [0.15, 0.2) is 0 Å². The molecule has 1 heterocycles. The number of nitrogens with one attached hydrogen (secondary N) is 2. The first-order valence-corrected chi connectivity index (χ1v) is 7.55. The zero-order valence-corrected chi connectivity index (χ0v) is 12.9. The molecule has 0 aliphatic rings. The molecule has 0 saturated heterocycles. The van der Waals surface area contributed by atoms with Crippen molar-refractivity contribution in [3.63, 3.8) is 0 Å². The number of rotatable bonds is 6. The number of halogens is 1. The summed E-state index contributed by atoms with van der Waals surface area (Å²) < 4.78 is 18.6. The van der Waals surface area contributed by atoms with Crippen LogP contribution in [0.15, 0.2) is 48.7 Å². The number of aromatic nitrogens is 1. The number of anilines is 1. The number of benzene rings is 2. The Morgan fingerprint density at radius 2 is 2.00 bits per heavy atom. The third-order valence-corrected chi connectivity index (χ3v) is 3.58.